The van der Waals surface area contributed by atoms with Gasteiger partial charge in [-0.2, -0.15) is 5.10 Å². The van der Waals surface area contributed by atoms with Crippen molar-refractivity contribution in [3.8, 4) is 0 Å². The molecule has 9 nitrogen and oxygen atoms in total. The smallest absolute Gasteiger partial charge is 0.404 e. The van der Waals surface area contributed by atoms with Crippen molar-refractivity contribution in [1.82, 2.24) is 25.1 Å². The van der Waals surface area contributed by atoms with Crippen molar-refractivity contribution in [1.29, 1.82) is 0 Å². The average molecular weight is 538 g/mol. The number of nitrogens with one attached hydrogen (secondary N) is 1. The number of nitrogens with zero attached hydrogens (tertiary/aromatic N) is 5. The quantitative estimate of drug-likeness (QED) is 0.578. The van der Waals surface area contributed by atoms with Gasteiger partial charge >= 0.3 is 6.09 Å². The summed E-state index contributed by atoms with van der Waals surface area (Å²) in [5.74, 6) is 2.14. The van der Waals surface area contributed by atoms with Gasteiger partial charge in [0.05, 0.1) is 6.20 Å². The molecule has 2 aliphatic heterocycles. The van der Waals surface area contributed by atoms with E-state index in [9.17, 15) is 9.90 Å². The van der Waals surface area contributed by atoms with E-state index in [1.165, 1.54) is 6.42 Å². The maximum Gasteiger partial charge on any atom is 0.404 e. The molecule has 2 N–H and O–H groups in total. The third kappa shape index (κ3) is 3.37. The van der Waals surface area contributed by atoms with Crippen LogP contribution in [0.25, 0.3) is 11.2 Å². The molecule has 2 saturated carbocycles. The first-order valence-corrected chi connectivity index (χ1v) is 12.4. The topological polar surface area (TPSA) is 105 Å². The van der Waals surface area contributed by atoms with Crippen LogP contribution in [0.3, 0.4) is 0 Å². The lowest BCUT2D eigenvalue weighted by Gasteiger charge is -2.44. The third-order valence-electron chi connectivity index (χ3n) is 7.87. The predicted molar refractivity (Wildman–Crippen MR) is 122 cm³/mol. The van der Waals surface area contributed by atoms with Gasteiger partial charge < -0.3 is 20.1 Å². The van der Waals surface area contributed by atoms with Crippen LogP contribution in [0, 0.1) is 21.0 Å². The van der Waals surface area contributed by atoms with Gasteiger partial charge in [0.15, 0.2) is 15.6 Å². The Kier molecular flexibility index (Phi) is 4.78. The number of fused-ring (bicyclic) bond motifs is 2. The number of anilines is 1. The maximum atomic E-state index is 11.4. The molecule has 166 valence electrons. The first kappa shape index (κ1) is 20.0. The number of amides is 1. The fourth-order valence-corrected chi connectivity index (χ4v) is 6.85. The largest absolute Gasteiger partial charge is 0.465 e. The van der Waals surface area contributed by atoms with Gasteiger partial charge in [-0.25, -0.2) is 19.4 Å². The van der Waals surface area contributed by atoms with E-state index in [1.807, 2.05) is 10.9 Å². The Bertz CT molecular complexity index is 1010. The van der Waals surface area contributed by atoms with Crippen LogP contribution < -0.4 is 10.2 Å². The molecule has 0 bridgehead atoms. The lowest BCUT2D eigenvalue weighted by atomic mass is 9.71. The second-order valence-corrected chi connectivity index (χ2v) is 10.6. The van der Waals surface area contributed by atoms with Gasteiger partial charge in [-0.1, -0.05) is 0 Å². The Balaban J connectivity index is 1.23. The zero-order valence-electron chi connectivity index (χ0n) is 17.3. The Labute approximate surface area is 194 Å². The molecule has 2 aromatic rings. The minimum absolute atomic E-state index is 0.0676. The van der Waals surface area contributed by atoms with E-state index in [0.717, 1.165) is 78.9 Å². The number of hydrogen-bond acceptors (Lipinski definition) is 6. The highest BCUT2D eigenvalue weighted by Gasteiger charge is 2.61. The minimum atomic E-state index is -0.886. The third-order valence-corrected chi connectivity index (χ3v) is 8.60. The van der Waals surface area contributed by atoms with Crippen LogP contribution in [0.4, 0.5) is 10.6 Å². The van der Waals surface area contributed by atoms with Gasteiger partial charge in [-0.3, -0.25) is 0 Å². The molecule has 2 aliphatic carbocycles. The minimum Gasteiger partial charge on any atom is -0.465 e. The Morgan fingerprint density at radius 3 is 2.90 bits per heavy atom. The number of carbonyl (C=O) groups is 1. The first-order valence-electron chi connectivity index (χ1n) is 11.3. The molecule has 4 heterocycles. The Morgan fingerprint density at radius 1 is 1.32 bits per heavy atom. The van der Waals surface area contributed by atoms with E-state index >= 15 is 0 Å². The van der Waals surface area contributed by atoms with Crippen molar-refractivity contribution in [2.45, 2.75) is 57.2 Å². The molecule has 6 rings (SSSR count). The van der Waals surface area contributed by atoms with Gasteiger partial charge in [0.1, 0.15) is 11.3 Å². The van der Waals surface area contributed by atoms with Crippen LogP contribution in [0.2, 0.25) is 0 Å². The fourth-order valence-electron chi connectivity index (χ4n) is 6.24. The molecule has 0 radical (unpaired) electrons. The summed E-state index contributed by atoms with van der Waals surface area (Å²) >= 11 is 2.22. The summed E-state index contributed by atoms with van der Waals surface area (Å²) in [6.07, 6.45) is 8.41. The van der Waals surface area contributed by atoms with E-state index in [0.29, 0.717) is 11.8 Å². The summed E-state index contributed by atoms with van der Waals surface area (Å²) in [4.78, 5) is 23.3. The van der Waals surface area contributed by atoms with Gasteiger partial charge in [0.25, 0.3) is 0 Å². The molecule has 1 spiro atoms. The van der Waals surface area contributed by atoms with Crippen molar-refractivity contribution >= 4 is 45.7 Å². The zero-order valence-corrected chi connectivity index (χ0v) is 19.5. The average Bonchev–Trinajstić information content (AvgIpc) is 3.37. The lowest BCUT2D eigenvalue weighted by molar-refractivity contribution is -0.0372. The second kappa shape index (κ2) is 7.43. The summed E-state index contributed by atoms with van der Waals surface area (Å²) in [5, 5.41) is 16.9. The maximum absolute atomic E-state index is 11.4. The molecule has 2 saturated heterocycles. The van der Waals surface area contributed by atoms with E-state index < -0.39 is 6.09 Å². The van der Waals surface area contributed by atoms with E-state index in [1.54, 1.807) is 0 Å². The summed E-state index contributed by atoms with van der Waals surface area (Å²) in [7, 11) is 0. The van der Waals surface area contributed by atoms with Crippen molar-refractivity contribution in [2.75, 3.05) is 24.6 Å². The molecule has 4 atom stereocenters. The summed E-state index contributed by atoms with van der Waals surface area (Å²) in [5.41, 5.74) is 1.72. The highest BCUT2D eigenvalue weighted by Crippen LogP contribution is 2.63. The van der Waals surface area contributed by atoms with Crippen LogP contribution in [0.15, 0.2) is 6.20 Å². The summed E-state index contributed by atoms with van der Waals surface area (Å²) in [6.45, 7) is 2.52. The van der Waals surface area contributed by atoms with Crippen LogP contribution >= 0.6 is 22.6 Å². The fraction of sp³-hybridized carbons (Fsp3) is 0.714. The molecule has 31 heavy (non-hydrogen) atoms. The van der Waals surface area contributed by atoms with E-state index in [-0.39, 0.29) is 17.7 Å². The van der Waals surface area contributed by atoms with Gasteiger partial charge in [-0.15, -0.1) is 0 Å². The molecule has 1 amide bonds. The number of rotatable bonds is 3. The molecule has 4 aliphatic rings. The summed E-state index contributed by atoms with van der Waals surface area (Å²) in [6, 6.07) is 0.108. The van der Waals surface area contributed by atoms with Crippen LogP contribution in [-0.2, 0) is 4.74 Å². The molecule has 10 heteroatoms. The zero-order chi connectivity index (χ0) is 21.2. The van der Waals surface area contributed by atoms with Crippen LogP contribution in [0.1, 0.15) is 51.2 Å². The standard InChI is InChI=1S/C21H27IN6O3/c22-18-16-19(28(26-18)15-3-1-2-8-31-15)24-14(11-23-16)27-6-4-21(5-7-27)10-12-9-13(12)17(21)25-20(29)30/h11-13,15,17,25H,1-10H2,(H,29,30). The lowest BCUT2D eigenvalue weighted by Crippen LogP contribution is -2.52. The van der Waals surface area contributed by atoms with Crippen molar-refractivity contribution < 1.29 is 14.6 Å². The number of halogens is 1. The Morgan fingerprint density at radius 2 is 2.16 bits per heavy atom. The number of carboxylic acid groups (broad SMARTS) is 1. The molecule has 0 aromatic carbocycles. The molecule has 4 unspecified atom stereocenters. The predicted octanol–water partition coefficient (Wildman–Crippen LogP) is 3.39. The van der Waals surface area contributed by atoms with E-state index in [2.05, 4.69) is 37.9 Å². The van der Waals surface area contributed by atoms with E-state index in [4.69, 9.17) is 14.7 Å². The monoisotopic (exact) mass is 538 g/mol. The summed E-state index contributed by atoms with van der Waals surface area (Å²) < 4.78 is 8.72. The van der Waals surface area contributed by atoms with Crippen LogP contribution in [-0.4, -0.2) is 56.7 Å². The number of hydrogen-bond donors (Lipinski definition) is 2. The number of piperidine rings is 1. The Hall–Kier alpha value is -1.69. The van der Waals surface area contributed by atoms with Gasteiger partial charge in [0, 0.05) is 25.7 Å². The SMILES string of the molecule is O=C(O)NC1C2CC2CC12CCN(c1cnc3c(I)nn(C4CCCCO4)c3n1)CC2. The normalized spacial score (nSPS) is 31.7. The number of aromatic nitrogens is 4. The molecular weight excluding hydrogens is 511 g/mol. The highest BCUT2D eigenvalue weighted by molar-refractivity contribution is 14.1. The van der Waals surface area contributed by atoms with Crippen LogP contribution in [0.5, 0.6) is 0 Å². The number of ether oxygens (including phenoxy) is 1. The van der Waals surface area contributed by atoms with Gasteiger partial charge in [0.2, 0.25) is 0 Å². The molecule has 2 aromatic heterocycles. The highest BCUT2D eigenvalue weighted by atomic mass is 127. The van der Waals surface area contributed by atoms with Crippen molar-refractivity contribution in [3.05, 3.63) is 9.90 Å². The molecular formula is C21H27IN6O3. The molecule has 4 fully saturated rings. The van der Waals surface area contributed by atoms with Crippen molar-refractivity contribution in [2.24, 2.45) is 17.3 Å². The second-order valence-electron chi connectivity index (χ2n) is 9.60. The van der Waals surface area contributed by atoms with Crippen molar-refractivity contribution in [3.63, 3.8) is 0 Å². The van der Waals surface area contributed by atoms with Gasteiger partial charge in [-0.05, 0) is 84.8 Å². The first-order chi connectivity index (χ1) is 15.0.